The van der Waals surface area contributed by atoms with Crippen molar-refractivity contribution < 1.29 is 14.2 Å². The van der Waals surface area contributed by atoms with Gasteiger partial charge in [-0.2, -0.15) is 0 Å². The molecule has 2 unspecified atom stereocenters. The zero-order chi connectivity index (χ0) is 12.3. The number of aryl methyl sites for hydroxylation is 1. The number of ether oxygens (including phenoxy) is 3. The Morgan fingerprint density at radius 3 is 2.88 bits per heavy atom. The highest BCUT2D eigenvalue weighted by Gasteiger charge is 2.27. The Hall–Kier alpha value is -0.770. The van der Waals surface area contributed by atoms with Crippen LogP contribution >= 0.6 is 11.6 Å². The zero-order valence-corrected chi connectivity index (χ0v) is 10.9. The molecule has 0 aromatic heterocycles. The van der Waals surface area contributed by atoms with E-state index in [1.807, 2.05) is 25.1 Å². The first-order valence-electron chi connectivity index (χ1n) is 5.70. The molecular formula is C13H17ClO3. The highest BCUT2D eigenvalue weighted by molar-refractivity contribution is 6.21. The first-order valence-corrected chi connectivity index (χ1v) is 6.14. The van der Waals surface area contributed by atoms with Crippen molar-refractivity contribution in [2.24, 2.45) is 0 Å². The van der Waals surface area contributed by atoms with Crippen molar-refractivity contribution in [3.8, 4) is 5.75 Å². The van der Waals surface area contributed by atoms with Gasteiger partial charge in [0, 0.05) is 5.56 Å². The van der Waals surface area contributed by atoms with Gasteiger partial charge in [-0.3, -0.25) is 0 Å². The van der Waals surface area contributed by atoms with Crippen LogP contribution in [-0.4, -0.2) is 33.0 Å². The lowest BCUT2D eigenvalue weighted by Gasteiger charge is -2.27. The lowest BCUT2D eigenvalue weighted by atomic mass is 10.0. The molecule has 0 spiro atoms. The van der Waals surface area contributed by atoms with E-state index < -0.39 is 0 Å². The van der Waals surface area contributed by atoms with Crippen LogP contribution < -0.4 is 4.74 Å². The monoisotopic (exact) mass is 256 g/mol. The molecule has 1 aromatic carbocycles. The second-order valence-electron chi connectivity index (χ2n) is 4.13. The van der Waals surface area contributed by atoms with Crippen molar-refractivity contribution in [1.82, 2.24) is 0 Å². The van der Waals surface area contributed by atoms with Crippen molar-refractivity contribution >= 4 is 11.6 Å². The van der Waals surface area contributed by atoms with Gasteiger partial charge in [0.05, 0.1) is 32.3 Å². The maximum Gasteiger partial charge on any atom is 0.123 e. The van der Waals surface area contributed by atoms with Gasteiger partial charge >= 0.3 is 0 Å². The Bertz CT molecular complexity index is 375. The first-order chi connectivity index (χ1) is 8.22. The highest BCUT2D eigenvalue weighted by Crippen LogP contribution is 2.34. The normalized spacial score (nSPS) is 22.2. The molecule has 0 aliphatic carbocycles. The molecule has 1 fully saturated rings. The fourth-order valence-corrected chi connectivity index (χ4v) is 2.26. The van der Waals surface area contributed by atoms with Crippen molar-refractivity contribution in [2.75, 3.05) is 26.9 Å². The summed E-state index contributed by atoms with van der Waals surface area (Å²) in [7, 11) is 1.65. The van der Waals surface area contributed by atoms with Gasteiger partial charge in [-0.15, -0.1) is 11.6 Å². The summed E-state index contributed by atoms with van der Waals surface area (Å²) in [6.07, 6.45) is -0.110. The molecule has 0 N–H and O–H groups in total. The van der Waals surface area contributed by atoms with Crippen LogP contribution in [0, 0.1) is 6.92 Å². The summed E-state index contributed by atoms with van der Waals surface area (Å²) in [5.41, 5.74) is 2.12. The standard InChI is InChI=1S/C13H17ClO3/c1-9-3-4-11(15-2)10(7-9)13(14)12-8-16-5-6-17-12/h3-4,7,12-13H,5-6,8H2,1-2H3. The predicted octanol–water partition coefficient (Wildman–Crippen LogP) is 2.70. The van der Waals surface area contributed by atoms with Crippen LogP contribution in [0.25, 0.3) is 0 Å². The summed E-state index contributed by atoms with van der Waals surface area (Å²) in [4.78, 5) is 0. The molecule has 0 amide bonds. The quantitative estimate of drug-likeness (QED) is 0.779. The Kier molecular flexibility index (Phi) is 4.26. The maximum absolute atomic E-state index is 6.46. The average molecular weight is 257 g/mol. The second kappa shape index (κ2) is 5.71. The number of alkyl halides is 1. The Labute approximate surface area is 107 Å². The van der Waals surface area contributed by atoms with Gasteiger partial charge in [0.2, 0.25) is 0 Å². The van der Waals surface area contributed by atoms with Crippen molar-refractivity contribution in [3.63, 3.8) is 0 Å². The molecule has 1 saturated heterocycles. The molecule has 1 aliphatic heterocycles. The van der Waals surface area contributed by atoms with E-state index in [9.17, 15) is 0 Å². The summed E-state index contributed by atoms with van der Waals surface area (Å²) in [6.45, 7) is 3.81. The van der Waals surface area contributed by atoms with Crippen LogP contribution in [0.3, 0.4) is 0 Å². The van der Waals surface area contributed by atoms with Gasteiger partial charge in [-0.25, -0.2) is 0 Å². The Morgan fingerprint density at radius 2 is 2.24 bits per heavy atom. The smallest absolute Gasteiger partial charge is 0.123 e. The van der Waals surface area contributed by atoms with Gasteiger partial charge in [-0.1, -0.05) is 17.7 Å². The number of halogens is 1. The minimum Gasteiger partial charge on any atom is -0.496 e. The molecule has 3 nitrogen and oxygen atoms in total. The third kappa shape index (κ3) is 2.92. The Balaban J connectivity index is 2.21. The molecule has 17 heavy (non-hydrogen) atoms. The molecule has 2 rings (SSSR count). The SMILES string of the molecule is COc1ccc(C)cc1C(Cl)C1COCCO1. The van der Waals surface area contributed by atoms with Gasteiger partial charge in [0.25, 0.3) is 0 Å². The number of benzene rings is 1. The van der Waals surface area contributed by atoms with E-state index in [0.29, 0.717) is 19.8 Å². The fourth-order valence-electron chi connectivity index (χ4n) is 1.94. The van der Waals surface area contributed by atoms with Crippen LogP contribution in [0.15, 0.2) is 18.2 Å². The van der Waals surface area contributed by atoms with Crippen LogP contribution in [-0.2, 0) is 9.47 Å². The van der Waals surface area contributed by atoms with Crippen molar-refractivity contribution in [1.29, 1.82) is 0 Å². The van der Waals surface area contributed by atoms with E-state index in [0.717, 1.165) is 16.9 Å². The van der Waals surface area contributed by atoms with E-state index in [1.165, 1.54) is 0 Å². The van der Waals surface area contributed by atoms with Crippen LogP contribution in [0.2, 0.25) is 0 Å². The number of rotatable bonds is 3. The largest absolute Gasteiger partial charge is 0.496 e. The number of hydrogen-bond donors (Lipinski definition) is 0. The predicted molar refractivity (Wildman–Crippen MR) is 66.9 cm³/mol. The molecule has 2 atom stereocenters. The molecule has 0 bridgehead atoms. The molecule has 1 aromatic rings. The third-order valence-corrected chi connectivity index (χ3v) is 3.37. The maximum atomic E-state index is 6.46. The summed E-state index contributed by atoms with van der Waals surface area (Å²) in [5, 5.41) is -0.245. The molecular weight excluding hydrogens is 240 g/mol. The number of methoxy groups -OCH3 is 1. The van der Waals surface area contributed by atoms with Crippen LogP contribution in [0.4, 0.5) is 0 Å². The average Bonchev–Trinajstić information content (AvgIpc) is 2.39. The summed E-state index contributed by atoms with van der Waals surface area (Å²) >= 11 is 6.46. The van der Waals surface area contributed by atoms with Crippen LogP contribution in [0.1, 0.15) is 16.5 Å². The molecule has 0 saturated carbocycles. The highest BCUT2D eigenvalue weighted by atomic mass is 35.5. The van der Waals surface area contributed by atoms with E-state index >= 15 is 0 Å². The molecule has 94 valence electrons. The topological polar surface area (TPSA) is 27.7 Å². The van der Waals surface area contributed by atoms with Gasteiger partial charge in [-0.05, 0) is 13.0 Å². The summed E-state index contributed by atoms with van der Waals surface area (Å²) in [6, 6.07) is 5.97. The molecule has 1 heterocycles. The molecule has 4 heteroatoms. The van der Waals surface area contributed by atoms with Gasteiger partial charge in [0.15, 0.2) is 0 Å². The van der Waals surface area contributed by atoms with Crippen molar-refractivity contribution in [2.45, 2.75) is 18.4 Å². The van der Waals surface area contributed by atoms with E-state index in [4.69, 9.17) is 25.8 Å². The van der Waals surface area contributed by atoms with E-state index in [1.54, 1.807) is 7.11 Å². The third-order valence-electron chi connectivity index (χ3n) is 2.85. The molecule has 1 aliphatic rings. The number of hydrogen-bond acceptors (Lipinski definition) is 3. The minimum absolute atomic E-state index is 0.110. The van der Waals surface area contributed by atoms with Gasteiger partial charge in [0.1, 0.15) is 11.9 Å². The minimum atomic E-state index is -0.245. The summed E-state index contributed by atoms with van der Waals surface area (Å²) < 4.78 is 16.3. The van der Waals surface area contributed by atoms with Gasteiger partial charge < -0.3 is 14.2 Å². The lowest BCUT2D eigenvalue weighted by Crippen LogP contribution is -2.32. The first kappa shape index (κ1) is 12.7. The van der Waals surface area contributed by atoms with Crippen molar-refractivity contribution in [3.05, 3.63) is 29.3 Å². The molecule has 0 radical (unpaired) electrons. The van der Waals surface area contributed by atoms with E-state index in [-0.39, 0.29) is 11.5 Å². The zero-order valence-electron chi connectivity index (χ0n) is 10.1. The Morgan fingerprint density at radius 1 is 1.41 bits per heavy atom. The fraction of sp³-hybridized carbons (Fsp3) is 0.538. The second-order valence-corrected chi connectivity index (χ2v) is 4.60. The van der Waals surface area contributed by atoms with Crippen LogP contribution in [0.5, 0.6) is 5.75 Å². The lowest BCUT2D eigenvalue weighted by molar-refractivity contribution is -0.0893. The summed E-state index contributed by atoms with van der Waals surface area (Å²) in [5.74, 6) is 0.796. The van der Waals surface area contributed by atoms with E-state index in [2.05, 4.69) is 0 Å².